The van der Waals surface area contributed by atoms with Crippen molar-refractivity contribution >= 4 is 17.2 Å². The molecule has 22 heavy (non-hydrogen) atoms. The number of likely N-dealkylation sites (N-methyl/N-ethyl adjacent to an activating group) is 1. The fourth-order valence-electron chi connectivity index (χ4n) is 2.77. The number of hydrogen-bond acceptors (Lipinski definition) is 4. The summed E-state index contributed by atoms with van der Waals surface area (Å²) in [5, 5.41) is 1.01. The number of rotatable bonds is 4. The van der Waals surface area contributed by atoms with Crippen LogP contribution in [0.1, 0.15) is 21.1 Å². The first kappa shape index (κ1) is 15.0. The quantitative estimate of drug-likeness (QED) is 0.871. The second-order valence-corrected chi connectivity index (χ2v) is 7.03. The van der Waals surface area contributed by atoms with E-state index in [0.717, 1.165) is 27.7 Å². The van der Waals surface area contributed by atoms with E-state index in [0.29, 0.717) is 13.0 Å². The van der Waals surface area contributed by atoms with Gasteiger partial charge in [-0.3, -0.25) is 4.79 Å². The number of fused-ring (bicyclic) bond motifs is 1. The Morgan fingerprint density at radius 1 is 1.41 bits per heavy atom. The Balaban J connectivity index is 1.57. The van der Waals surface area contributed by atoms with Gasteiger partial charge in [0.2, 0.25) is 5.91 Å². The monoisotopic (exact) mass is 316 g/mol. The largest absolute Gasteiger partial charge is 0.488 e. The molecule has 1 aromatic carbocycles. The summed E-state index contributed by atoms with van der Waals surface area (Å²) in [7, 11) is 1.85. The van der Waals surface area contributed by atoms with Crippen molar-refractivity contribution < 1.29 is 9.53 Å². The van der Waals surface area contributed by atoms with Gasteiger partial charge in [0.25, 0.3) is 0 Å². The summed E-state index contributed by atoms with van der Waals surface area (Å²) >= 11 is 1.60. The SMILES string of the molecule is Cc1nc(C)c(CC(=O)N(C)CC2Cc3ccccc3O2)s1. The van der Waals surface area contributed by atoms with Crippen molar-refractivity contribution in [3.63, 3.8) is 0 Å². The van der Waals surface area contributed by atoms with Gasteiger partial charge in [0.1, 0.15) is 11.9 Å². The van der Waals surface area contributed by atoms with Crippen LogP contribution in [0.2, 0.25) is 0 Å². The van der Waals surface area contributed by atoms with Gasteiger partial charge >= 0.3 is 0 Å². The lowest BCUT2D eigenvalue weighted by molar-refractivity contribution is -0.130. The standard InChI is InChI=1S/C17H20N2O2S/c1-11-16(22-12(2)18-11)9-17(20)19(3)10-14-8-13-6-4-5-7-15(13)21-14/h4-7,14H,8-10H2,1-3H3. The molecule has 0 saturated heterocycles. The molecular formula is C17H20N2O2S. The number of aryl methyl sites for hydroxylation is 2. The molecule has 0 bridgehead atoms. The molecule has 0 spiro atoms. The number of para-hydroxylation sites is 1. The highest BCUT2D eigenvalue weighted by atomic mass is 32.1. The topological polar surface area (TPSA) is 42.4 Å². The maximum atomic E-state index is 12.4. The first-order valence-corrected chi connectivity index (χ1v) is 8.26. The van der Waals surface area contributed by atoms with Crippen LogP contribution in [-0.4, -0.2) is 35.5 Å². The van der Waals surface area contributed by atoms with E-state index >= 15 is 0 Å². The van der Waals surface area contributed by atoms with E-state index in [1.807, 2.05) is 39.1 Å². The molecule has 0 N–H and O–H groups in total. The normalized spacial score (nSPS) is 16.2. The molecule has 116 valence electrons. The average molecular weight is 316 g/mol. The van der Waals surface area contributed by atoms with Gasteiger partial charge in [-0.2, -0.15) is 0 Å². The minimum absolute atomic E-state index is 0.0515. The van der Waals surface area contributed by atoms with Crippen molar-refractivity contribution in [1.29, 1.82) is 0 Å². The van der Waals surface area contributed by atoms with Crippen LogP contribution in [0.15, 0.2) is 24.3 Å². The van der Waals surface area contributed by atoms with Crippen molar-refractivity contribution in [1.82, 2.24) is 9.88 Å². The average Bonchev–Trinajstić information content (AvgIpc) is 3.01. The smallest absolute Gasteiger partial charge is 0.227 e. The highest BCUT2D eigenvalue weighted by Gasteiger charge is 2.25. The Kier molecular flexibility index (Phi) is 4.16. The molecule has 1 atom stereocenters. The number of aromatic nitrogens is 1. The summed E-state index contributed by atoms with van der Waals surface area (Å²) in [6.45, 7) is 4.55. The zero-order valence-electron chi connectivity index (χ0n) is 13.1. The summed E-state index contributed by atoms with van der Waals surface area (Å²) in [6, 6.07) is 8.07. The molecule has 1 unspecified atom stereocenters. The van der Waals surface area contributed by atoms with Crippen LogP contribution in [0.3, 0.4) is 0 Å². The molecule has 1 amide bonds. The van der Waals surface area contributed by atoms with Gasteiger partial charge in [-0.05, 0) is 25.5 Å². The molecule has 5 heteroatoms. The van der Waals surface area contributed by atoms with E-state index in [1.165, 1.54) is 5.56 Å². The third-order valence-electron chi connectivity index (χ3n) is 3.93. The van der Waals surface area contributed by atoms with Gasteiger partial charge in [-0.15, -0.1) is 11.3 Å². The summed E-state index contributed by atoms with van der Waals surface area (Å²) in [5.41, 5.74) is 2.19. The number of ether oxygens (including phenoxy) is 1. The number of carbonyl (C=O) groups excluding carboxylic acids is 1. The van der Waals surface area contributed by atoms with Gasteiger partial charge < -0.3 is 9.64 Å². The fraction of sp³-hybridized carbons (Fsp3) is 0.412. The summed E-state index contributed by atoms with van der Waals surface area (Å²) in [4.78, 5) is 19.6. The van der Waals surface area contributed by atoms with Crippen LogP contribution in [0, 0.1) is 13.8 Å². The minimum Gasteiger partial charge on any atom is -0.488 e. The van der Waals surface area contributed by atoms with Crippen LogP contribution in [-0.2, 0) is 17.6 Å². The Morgan fingerprint density at radius 3 is 2.86 bits per heavy atom. The van der Waals surface area contributed by atoms with Gasteiger partial charge in [-0.1, -0.05) is 18.2 Å². The first-order valence-electron chi connectivity index (χ1n) is 7.44. The van der Waals surface area contributed by atoms with Crippen LogP contribution in [0.4, 0.5) is 0 Å². The van der Waals surface area contributed by atoms with Crippen molar-refractivity contribution in [2.24, 2.45) is 0 Å². The minimum atomic E-state index is 0.0515. The van der Waals surface area contributed by atoms with Gasteiger partial charge in [0.15, 0.2) is 0 Å². The number of carbonyl (C=O) groups is 1. The molecular weight excluding hydrogens is 296 g/mol. The number of hydrogen-bond donors (Lipinski definition) is 0. The van der Waals surface area contributed by atoms with Crippen molar-refractivity contribution in [2.75, 3.05) is 13.6 Å². The van der Waals surface area contributed by atoms with Gasteiger partial charge in [0.05, 0.1) is 23.7 Å². The number of benzene rings is 1. The van der Waals surface area contributed by atoms with E-state index in [-0.39, 0.29) is 12.0 Å². The maximum Gasteiger partial charge on any atom is 0.227 e. The van der Waals surface area contributed by atoms with E-state index in [1.54, 1.807) is 16.2 Å². The van der Waals surface area contributed by atoms with Crippen LogP contribution in [0.25, 0.3) is 0 Å². The second kappa shape index (κ2) is 6.08. The predicted molar refractivity (Wildman–Crippen MR) is 87.5 cm³/mol. The van der Waals surface area contributed by atoms with Gasteiger partial charge in [0, 0.05) is 18.3 Å². The lowest BCUT2D eigenvalue weighted by Gasteiger charge is -2.21. The number of amides is 1. The molecule has 1 aliphatic rings. The van der Waals surface area contributed by atoms with E-state index in [4.69, 9.17) is 4.74 Å². The second-order valence-electron chi connectivity index (χ2n) is 5.74. The highest BCUT2D eigenvalue weighted by Crippen LogP contribution is 2.28. The number of thiazole rings is 1. The molecule has 0 radical (unpaired) electrons. The van der Waals surface area contributed by atoms with Crippen LogP contribution >= 0.6 is 11.3 Å². The Hall–Kier alpha value is -1.88. The van der Waals surface area contributed by atoms with Crippen LogP contribution < -0.4 is 4.74 Å². The fourth-order valence-corrected chi connectivity index (χ4v) is 3.70. The van der Waals surface area contributed by atoms with Crippen molar-refractivity contribution in [2.45, 2.75) is 32.8 Å². The summed E-state index contributed by atoms with van der Waals surface area (Å²) in [6.07, 6.45) is 1.34. The predicted octanol–water partition coefficient (Wildman–Crippen LogP) is 2.76. The third-order valence-corrected chi connectivity index (χ3v) is 5.00. The Morgan fingerprint density at radius 2 is 2.18 bits per heavy atom. The Bertz CT molecular complexity index is 671. The van der Waals surface area contributed by atoms with E-state index in [9.17, 15) is 4.79 Å². The molecule has 1 aliphatic heterocycles. The summed E-state index contributed by atoms with van der Waals surface area (Å²) in [5.74, 6) is 1.06. The lowest BCUT2D eigenvalue weighted by atomic mass is 10.1. The first-order chi connectivity index (χ1) is 10.5. The van der Waals surface area contributed by atoms with Crippen LogP contribution in [0.5, 0.6) is 5.75 Å². The lowest BCUT2D eigenvalue weighted by Crippen LogP contribution is -2.37. The molecule has 2 heterocycles. The van der Waals surface area contributed by atoms with Gasteiger partial charge in [-0.25, -0.2) is 4.98 Å². The molecule has 4 nitrogen and oxygen atoms in total. The Labute approximate surface area is 134 Å². The van der Waals surface area contributed by atoms with E-state index < -0.39 is 0 Å². The van der Waals surface area contributed by atoms with Crippen molar-refractivity contribution in [3.05, 3.63) is 45.4 Å². The third kappa shape index (κ3) is 3.14. The molecule has 0 fully saturated rings. The summed E-state index contributed by atoms with van der Waals surface area (Å²) < 4.78 is 5.90. The molecule has 3 rings (SSSR count). The molecule has 1 aromatic heterocycles. The van der Waals surface area contributed by atoms with Crippen molar-refractivity contribution in [3.8, 4) is 5.75 Å². The molecule has 0 saturated carbocycles. The maximum absolute atomic E-state index is 12.4. The molecule has 2 aromatic rings. The molecule has 0 aliphatic carbocycles. The zero-order valence-corrected chi connectivity index (χ0v) is 13.9. The number of nitrogens with zero attached hydrogens (tertiary/aromatic N) is 2. The zero-order chi connectivity index (χ0) is 15.7. The highest BCUT2D eigenvalue weighted by molar-refractivity contribution is 7.11. The van der Waals surface area contributed by atoms with E-state index in [2.05, 4.69) is 11.1 Å².